The molecule has 2 aromatic rings. The fourth-order valence-corrected chi connectivity index (χ4v) is 1.91. The Labute approximate surface area is 110 Å². The zero-order valence-corrected chi connectivity index (χ0v) is 10.6. The van der Waals surface area contributed by atoms with Crippen LogP contribution in [-0.4, -0.2) is 0 Å². The Morgan fingerprint density at radius 3 is 2.53 bits per heavy atom. The number of benzene rings is 2. The molecule has 2 aromatic carbocycles. The van der Waals surface area contributed by atoms with E-state index >= 15 is 0 Å². The molecule has 0 atom stereocenters. The van der Waals surface area contributed by atoms with E-state index in [1.54, 1.807) is 12.1 Å². The second kappa shape index (κ2) is 5.30. The highest BCUT2D eigenvalue weighted by Crippen LogP contribution is 2.24. The molecule has 88 valence electrons. The molecule has 0 amide bonds. The fourth-order valence-electron chi connectivity index (χ4n) is 1.53. The Morgan fingerprint density at radius 1 is 1.06 bits per heavy atom. The highest BCUT2D eigenvalue weighted by molar-refractivity contribution is 6.31. The van der Waals surface area contributed by atoms with E-state index in [1.807, 2.05) is 30.3 Å². The van der Waals surface area contributed by atoms with E-state index in [4.69, 9.17) is 28.9 Å². The largest absolute Gasteiger partial charge is 0.397 e. The molecule has 0 bridgehead atoms. The number of nitrogen functional groups attached to an aromatic ring is 1. The molecule has 0 heterocycles. The third kappa shape index (κ3) is 3.05. The van der Waals surface area contributed by atoms with Gasteiger partial charge in [0.05, 0.1) is 11.4 Å². The van der Waals surface area contributed by atoms with E-state index in [2.05, 4.69) is 5.32 Å². The van der Waals surface area contributed by atoms with Crippen LogP contribution in [0.1, 0.15) is 5.56 Å². The highest BCUT2D eigenvalue weighted by atomic mass is 35.5. The van der Waals surface area contributed by atoms with Crippen LogP contribution in [-0.2, 0) is 6.54 Å². The van der Waals surface area contributed by atoms with Crippen LogP contribution in [0.3, 0.4) is 0 Å². The second-order valence-electron chi connectivity index (χ2n) is 3.68. The second-order valence-corrected chi connectivity index (χ2v) is 4.52. The number of rotatable bonds is 3. The summed E-state index contributed by atoms with van der Waals surface area (Å²) >= 11 is 11.9. The third-order valence-electron chi connectivity index (χ3n) is 2.44. The molecule has 2 nitrogen and oxygen atoms in total. The predicted molar refractivity (Wildman–Crippen MR) is 74.6 cm³/mol. The van der Waals surface area contributed by atoms with Crippen molar-refractivity contribution in [1.82, 2.24) is 0 Å². The van der Waals surface area contributed by atoms with E-state index in [-0.39, 0.29) is 0 Å². The molecule has 0 aromatic heterocycles. The molecule has 0 saturated carbocycles. The third-order valence-corrected chi connectivity index (χ3v) is 3.04. The van der Waals surface area contributed by atoms with Crippen molar-refractivity contribution in [3.63, 3.8) is 0 Å². The van der Waals surface area contributed by atoms with Gasteiger partial charge in [-0.2, -0.15) is 0 Å². The molecule has 0 fully saturated rings. The summed E-state index contributed by atoms with van der Waals surface area (Å²) in [4.78, 5) is 0. The SMILES string of the molecule is Nc1cc(Cl)ccc1NCc1ccccc1Cl. The first-order chi connectivity index (χ1) is 8.16. The first-order valence-electron chi connectivity index (χ1n) is 5.19. The van der Waals surface area contributed by atoms with E-state index in [1.165, 1.54) is 0 Å². The maximum absolute atomic E-state index is 6.06. The molecule has 0 aliphatic carbocycles. The Balaban J connectivity index is 2.10. The molecule has 4 heteroatoms. The maximum Gasteiger partial charge on any atom is 0.0577 e. The van der Waals surface area contributed by atoms with Gasteiger partial charge in [-0.1, -0.05) is 41.4 Å². The van der Waals surface area contributed by atoms with Crippen LogP contribution >= 0.6 is 23.2 Å². The minimum absolute atomic E-state index is 0.629. The van der Waals surface area contributed by atoms with Gasteiger partial charge in [0.25, 0.3) is 0 Å². The lowest BCUT2D eigenvalue weighted by Gasteiger charge is -2.10. The Morgan fingerprint density at radius 2 is 1.82 bits per heavy atom. The van der Waals surface area contributed by atoms with Gasteiger partial charge in [-0.25, -0.2) is 0 Å². The lowest BCUT2D eigenvalue weighted by atomic mass is 10.2. The average Bonchev–Trinajstić information content (AvgIpc) is 2.30. The van der Waals surface area contributed by atoms with Crippen LogP contribution in [0.5, 0.6) is 0 Å². The van der Waals surface area contributed by atoms with Crippen molar-refractivity contribution in [2.75, 3.05) is 11.1 Å². The van der Waals surface area contributed by atoms with Gasteiger partial charge in [-0.05, 0) is 29.8 Å². The first kappa shape index (κ1) is 12.1. The highest BCUT2D eigenvalue weighted by Gasteiger charge is 2.02. The van der Waals surface area contributed by atoms with Gasteiger partial charge in [-0.15, -0.1) is 0 Å². The number of halogens is 2. The lowest BCUT2D eigenvalue weighted by molar-refractivity contribution is 1.15. The zero-order chi connectivity index (χ0) is 12.3. The van der Waals surface area contributed by atoms with Crippen molar-refractivity contribution in [3.05, 3.63) is 58.1 Å². The molecule has 0 spiro atoms. The predicted octanol–water partition coefficient (Wildman–Crippen LogP) is 4.19. The molecule has 0 unspecified atom stereocenters. The summed E-state index contributed by atoms with van der Waals surface area (Å²) in [5.74, 6) is 0. The van der Waals surface area contributed by atoms with E-state index in [0.29, 0.717) is 17.3 Å². The quantitative estimate of drug-likeness (QED) is 0.818. The van der Waals surface area contributed by atoms with Crippen molar-refractivity contribution >= 4 is 34.6 Å². The molecule has 2 rings (SSSR count). The van der Waals surface area contributed by atoms with Crippen molar-refractivity contribution < 1.29 is 0 Å². The van der Waals surface area contributed by atoms with Gasteiger partial charge in [0.1, 0.15) is 0 Å². The molecule has 17 heavy (non-hydrogen) atoms. The minimum Gasteiger partial charge on any atom is -0.397 e. The lowest BCUT2D eigenvalue weighted by Crippen LogP contribution is -2.02. The van der Waals surface area contributed by atoms with Crippen LogP contribution in [0.2, 0.25) is 10.0 Å². The maximum atomic E-state index is 6.06. The molecule has 0 aliphatic rings. The summed E-state index contributed by atoms with van der Waals surface area (Å²) in [5.41, 5.74) is 8.36. The van der Waals surface area contributed by atoms with Crippen LogP contribution in [0.4, 0.5) is 11.4 Å². The molecular weight excluding hydrogens is 255 g/mol. The summed E-state index contributed by atoms with van der Waals surface area (Å²) < 4.78 is 0. The smallest absolute Gasteiger partial charge is 0.0577 e. The van der Waals surface area contributed by atoms with Crippen molar-refractivity contribution in [1.29, 1.82) is 0 Å². The number of nitrogens with one attached hydrogen (secondary N) is 1. The van der Waals surface area contributed by atoms with Gasteiger partial charge in [-0.3, -0.25) is 0 Å². The fraction of sp³-hybridized carbons (Fsp3) is 0.0769. The Kier molecular flexibility index (Phi) is 3.77. The summed E-state index contributed by atoms with van der Waals surface area (Å²) in [6, 6.07) is 13.1. The molecular formula is C13H12Cl2N2. The number of anilines is 2. The van der Waals surface area contributed by atoms with Crippen LogP contribution in [0, 0.1) is 0 Å². The molecule has 0 saturated heterocycles. The van der Waals surface area contributed by atoms with Crippen LogP contribution < -0.4 is 11.1 Å². The van der Waals surface area contributed by atoms with Crippen LogP contribution in [0.25, 0.3) is 0 Å². The summed E-state index contributed by atoms with van der Waals surface area (Å²) in [5, 5.41) is 4.60. The molecule has 3 N–H and O–H groups in total. The number of nitrogens with two attached hydrogens (primary N) is 1. The van der Waals surface area contributed by atoms with Gasteiger partial charge in [0.2, 0.25) is 0 Å². The normalized spacial score (nSPS) is 10.2. The van der Waals surface area contributed by atoms with E-state index in [0.717, 1.165) is 16.3 Å². The zero-order valence-electron chi connectivity index (χ0n) is 9.08. The average molecular weight is 267 g/mol. The van der Waals surface area contributed by atoms with Gasteiger partial charge in [0.15, 0.2) is 0 Å². The van der Waals surface area contributed by atoms with Crippen molar-refractivity contribution in [2.45, 2.75) is 6.54 Å². The summed E-state index contributed by atoms with van der Waals surface area (Å²) in [6.45, 7) is 0.630. The topological polar surface area (TPSA) is 38.0 Å². The van der Waals surface area contributed by atoms with Gasteiger partial charge >= 0.3 is 0 Å². The van der Waals surface area contributed by atoms with Gasteiger partial charge in [0, 0.05) is 16.6 Å². The molecule has 0 radical (unpaired) electrons. The van der Waals surface area contributed by atoms with E-state index in [9.17, 15) is 0 Å². The number of hydrogen-bond acceptors (Lipinski definition) is 2. The van der Waals surface area contributed by atoms with Crippen LogP contribution in [0.15, 0.2) is 42.5 Å². The summed E-state index contributed by atoms with van der Waals surface area (Å²) in [7, 11) is 0. The monoisotopic (exact) mass is 266 g/mol. The van der Waals surface area contributed by atoms with Crippen molar-refractivity contribution in [3.8, 4) is 0 Å². The first-order valence-corrected chi connectivity index (χ1v) is 5.95. The van der Waals surface area contributed by atoms with Crippen molar-refractivity contribution in [2.24, 2.45) is 0 Å². The minimum atomic E-state index is 0.629. The van der Waals surface area contributed by atoms with E-state index < -0.39 is 0 Å². The Hall–Kier alpha value is -1.38. The molecule has 0 aliphatic heterocycles. The standard InChI is InChI=1S/C13H12Cl2N2/c14-10-5-6-13(12(16)7-10)17-8-9-3-1-2-4-11(9)15/h1-7,17H,8,16H2. The Bertz CT molecular complexity index is 527. The summed E-state index contributed by atoms with van der Waals surface area (Å²) in [6.07, 6.45) is 0. The number of hydrogen-bond donors (Lipinski definition) is 2. The van der Waals surface area contributed by atoms with Gasteiger partial charge < -0.3 is 11.1 Å².